The molecule has 42 heavy (non-hydrogen) atoms. The number of aryl methyl sites for hydroxylation is 2. The number of rotatable bonds is 5. The van der Waals surface area contributed by atoms with Gasteiger partial charge in [-0.2, -0.15) is 0 Å². The van der Waals surface area contributed by atoms with Crippen LogP contribution in [0.5, 0.6) is 5.75 Å². The Balaban J connectivity index is 1.18. The maximum Gasteiger partial charge on any atom is 0.305 e. The lowest BCUT2D eigenvalue weighted by atomic mass is 9.68. The van der Waals surface area contributed by atoms with E-state index in [9.17, 15) is 14.4 Å². The van der Waals surface area contributed by atoms with Gasteiger partial charge in [0.05, 0.1) is 22.5 Å². The molecule has 8 rings (SSSR count). The van der Waals surface area contributed by atoms with E-state index in [2.05, 4.69) is 36.2 Å². The van der Waals surface area contributed by atoms with E-state index in [4.69, 9.17) is 4.74 Å². The molecule has 7 atom stereocenters. The number of H-pyrrole nitrogens is 1. The molecule has 3 fully saturated rings. The molecular weight excluding hydrogens is 565 g/mol. The van der Waals surface area contributed by atoms with Gasteiger partial charge in [-0.05, 0) is 61.8 Å². The summed E-state index contributed by atoms with van der Waals surface area (Å²) in [6.45, 7) is 4.52. The summed E-state index contributed by atoms with van der Waals surface area (Å²) in [6.07, 6.45) is 0.860. The van der Waals surface area contributed by atoms with E-state index in [1.165, 1.54) is 21.8 Å². The summed E-state index contributed by atoms with van der Waals surface area (Å²) in [4.78, 5) is 46.1. The van der Waals surface area contributed by atoms with Gasteiger partial charge < -0.3 is 9.72 Å². The maximum atomic E-state index is 14.0. The van der Waals surface area contributed by atoms with Gasteiger partial charge in [0.25, 0.3) is 0 Å². The van der Waals surface area contributed by atoms with Crippen LogP contribution in [-0.4, -0.2) is 22.0 Å². The van der Waals surface area contributed by atoms with Crippen molar-refractivity contribution in [3.63, 3.8) is 0 Å². The summed E-state index contributed by atoms with van der Waals surface area (Å²) in [5, 5.41) is 1.04. The molecule has 1 N–H and O–H groups in total. The van der Waals surface area contributed by atoms with E-state index in [-0.39, 0.29) is 57.4 Å². The first-order valence-corrected chi connectivity index (χ1v) is 16.2. The number of hydrogen-bond acceptors (Lipinski definition) is 6. The van der Waals surface area contributed by atoms with Gasteiger partial charge in [0.1, 0.15) is 12.4 Å². The molecule has 0 radical (unpaired) electrons. The number of carbonyl (C=O) groups is 2. The second kappa shape index (κ2) is 9.71. The molecule has 8 heteroatoms. The van der Waals surface area contributed by atoms with Crippen LogP contribution in [0.15, 0.2) is 82.6 Å². The van der Waals surface area contributed by atoms with Crippen molar-refractivity contribution in [1.29, 1.82) is 0 Å². The molecule has 2 aliphatic carbocycles. The van der Waals surface area contributed by atoms with Crippen molar-refractivity contribution < 1.29 is 14.3 Å². The predicted octanol–water partition coefficient (Wildman–Crippen LogP) is 6.31. The highest BCUT2D eigenvalue weighted by molar-refractivity contribution is 8.00. The maximum absolute atomic E-state index is 14.0. The first-order valence-electron chi connectivity index (χ1n) is 14.5. The highest BCUT2D eigenvalue weighted by atomic mass is 32.2. The Morgan fingerprint density at radius 1 is 0.881 bits per heavy atom. The molecule has 4 aliphatic rings. The van der Waals surface area contributed by atoms with Crippen LogP contribution in [0.3, 0.4) is 0 Å². The zero-order chi connectivity index (χ0) is 28.7. The van der Waals surface area contributed by atoms with Crippen LogP contribution in [0.1, 0.15) is 39.5 Å². The Morgan fingerprint density at radius 2 is 1.64 bits per heavy atom. The standard InChI is InChI=1S/C34H30N2O4S2/c1-17-10-12-20(13-11-17)36-32(37)27-22-15-23(28(27)33(36)38)29-26(22)25(30-31(41-29)35-34(39)42-30)21-8-3-4-9-24(21)40-16-19-7-5-6-18(2)14-19/h3-14,22-23,25-29H,15-16H2,1-2H3,(H,35,39)/t22-,23-,25+,26+,27+,28+,29-/m1/s1. The number of aromatic nitrogens is 1. The van der Waals surface area contributed by atoms with Crippen molar-refractivity contribution in [2.24, 2.45) is 29.6 Å². The number of carbonyl (C=O) groups excluding carboxylic acids is 2. The minimum atomic E-state index is -0.328. The smallest absolute Gasteiger partial charge is 0.305 e. The fourth-order valence-electron chi connectivity index (χ4n) is 8.15. The third-order valence-electron chi connectivity index (χ3n) is 9.75. The van der Waals surface area contributed by atoms with Gasteiger partial charge in [-0.1, -0.05) is 77.1 Å². The van der Waals surface area contributed by atoms with Gasteiger partial charge in [-0.25, -0.2) is 0 Å². The number of thioether (sulfide) groups is 1. The lowest BCUT2D eigenvalue weighted by molar-refractivity contribution is -0.123. The molecule has 6 nitrogen and oxygen atoms in total. The van der Waals surface area contributed by atoms with Crippen molar-refractivity contribution in [3.8, 4) is 5.75 Å². The zero-order valence-corrected chi connectivity index (χ0v) is 24.9. The highest BCUT2D eigenvalue weighted by Crippen LogP contribution is 2.69. The molecule has 1 saturated heterocycles. The summed E-state index contributed by atoms with van der Waals surface area (Å²) in [7, 11) is 0. The van der Waals surface area contributed by atoms with Crippen molar-refractivity contribution >= 4 is 40.6 Å². The fourth-order valence-corrected chi connectivity index (χ4v) is 11.0. The second-order valence-corrected chi connectivity index (χ2v) is 14.3. The predicted molar refractivity (Wildman–Crippen MR) is 164 cm³/mol. The molecule has 1 aromatic heterocycles. The van der Waals surface area contributed by atoms with Crippen LogP contribution in [0.4, 0.5) is 5.69 Å². The lowest BCUT2D eigenvalue weighted by Crippen LogP contribution is -2.42. The number of para-hydroxylation sites is 1. The van der Waals surface area contributed by atoms with Crippen molar-refractivity contribution in [3.05, 3.63) is 110 Å². The average molecular weight is 595 g/mol. The van der Waals surface area contributed by atoms with E-state index in [1.54, 1.807) is 11.8 Å². The second-order valence-electron chi connectivity index (χ2n) is 12.1. The minimum absolute atomic E-state index is 0.0598. The number of anilines is 1. The minimum Gasteiger partial charge on any atom is -0.489 e. The average Bonchev–Trinajstić information content (AvgIpc) is 3.72. The van der Waals surface area contributed by atoms with Crippen LogP contribution in [0, 0.1) is 43.4 Å². The van der Waals surface area contributed by atoms with Gasteiger partial charge in [0, 0.05) is 21.6 Å². The number of hydrogen-bond donors (Lipinski definition) is 1. The summed E-state index contributed by atoms with van der Waals surface area (Å²) in [5.41, 5.74) is 5.09. The van der Waals surface area contributed by atoms with E-state index >= 15 is 0 Å². The Kier molecular flexibility index (Phi) is 6.02. The van der Waals surface area contributed by atoms with Gasteiger partial charge in [-0.3, -0.25) is 19.3 Å². The van der Waals surface area contributed by atoms with E-state index in [0.29, 0.717) is 12.3 Å². The molecule has 2 aliphatic heterocycles. The largest absolute Gasteiger partial charge is 0.489 e. The first kappa shape index (κ1) is 26.0. The third-order valence-corrected chi connectivity index (χ3v) is 12.3. The number of fused-ring (bicyclic) bond motifs is 9. The summed E-state index contributed by atoms with van der Waals surface area (Å²) in [6, 6.07) is 24.1. The number of benzene rings is 3. The quantitative estimate of drug-likeness (QED) is 0.274. The fraction of sp³-hybridized carbons (Fsp3) is 0.324. The molecule has 212 valence electrons. The molecule has 2 amide bonds. The van der Waals surface area contributed by atoms with Crippen LogP contribution in [0.25, 0.3) is 0 Å². The SMILES string of the molecule is Cc1ccc(N2C(=O)[C@H]3[C@H]4C[C@@H]([C@@H]3C2=O)[C@H]2[C@H](c3ccccc3OCc3cccc(C)c3)c3sc(=O)[nH]c3S[C@H]42)cc1. The van der Waals surface area contributed by atoms with Crippen LogP contribution in [0.2, 0.25) is 0 Å². The van der Waals surface area contributed by atoms with Crippen LogP contribution >= 0.6 is 23.1 Å². The number of amides is 2. The number of ether oxygens (including phenoxy) is 1. The Morgan fingerprint density at radius 3 is 2.43 bits per heavy atom. The normalized spacial score (nSPS) is 29.0. The molecule has 2 bridgehead atoms. The molecule has 0 unspecified atom stereocenters. The number of thiazole rings is 1. The van der Waals surface area contributed by atoms with Crippen molar-refractivity contribution in [2.45, 2.75) is 43.1 Å². The molecule has 3 aromatic carbocycles. The van der Waals surface area contributed by atoms with E-state index in [0.717, 1.165) is 38.8 Å². The Hall–Kier alpha value is -3.62. The van der Waals surface area contributed by atoms with Crippen molar-refractivity contribution in [2.75, 3.05) is 4.90 Å². The first-order chi connectivity index (χ1) is 20.4. The highest BCUT2D eigenvalue weighted by Gasteiger charge is 2.69. The summed E-state index contributed by atoms with van der Waals surface area (Å²) in [5.74, 6) is 0.212. The van der Waals surface area contributed by atoms with Crippen LogP contribution < -0.4 is 14.5 Å². The lowest BCUT2D eigenvalue weighted by Gasteiger charge is -2.43. The van der Waals surface area contributed by atoms with Gasteiger partial charge in [0.2, 0.25) is 11.8 Å². The Bertz CT molecular complexity index is 1790. The topological polar surface area (TPSA) is 79.5 Å². The molecule has 4 aromatic rings. The van der Waals surface area contributed by atoms with Gasteiger partial charge >= 0.3 is 4.87 Å². The number of imide groups is 1. The number of nitrogens with one attached hydrogen (secondary N) is 1. The zero-order valence-electron chi connectivity index (χ0n) is 23.3. The number of aromatic amines is 1. The van der Waals surface area contributed by atoms with Gasteiger partial charge in [-0.15, -0.1) is 11.8 Å². The molecule has 3 heterocycles. The Labute approximate surface area is 252 Å². The molecule has 0 spiro atoms. The summed E-state index contributed by atoms with van der Waals surface area (Å²) >= 11 is 2.98. The van der Waals surface area contributed by atoms with E-state index in [1.807, 2.05) is 55.5 Å². The number of nitrogens with zero attached hydrogens (tertiary/aromatic N) is 1. The van der Waals surface area contributed by atoms with E-state index < -0.39 is 0 Å². The third kappa shape index (κ3) is 3.88. The van der Waals surface area contributed by atoms with Gasteiger partial charge in [0.15, 0.2) is 0 Å². The monoisotopic (exact) mass is 594 g/mol. The molecule has 2 saturated carbocycles. The van der Waals surface area contributed by atoms with Crippen molar-refractivity contribution in [1.82, 2.24) is 4.98 Å². The summed E-state index contributed by atoms with van der Waals surface area (Å²) < 4.78 is 6.47. The van der Waals surface area contributed by atoms with Crippen LogP contribution in [-0.2, 0) is 16.2 Å². The molecular formula is C34H30N2O4S2.